The second-order valence-corrected chi connectivity index (χ2v) is 14.8. The van der Waals surface area contributed by atoms with E-state index in [9.17, 15) is 0 Å². The van der Waals surface area contributed by atoms with E-state index in [0.717, 1.165) is 33.1 Å². The van der Waals surface area contributed by atoms with E-state index in [1.54, 1.807) is 0 Å². The molecule has 2 heteroatoms. The molecule has 0 radical (unpaired) electrons. The Hall–Kier alpha value is -7.16. The summed E-state index contributed by atoms with van der Waals surface area (Å²) in [6, 6.07) is 69.0. The van der Waals surface area contributed by atoms with Crippen molar-refractivity contribution in [3.8, 4) is 55.8 Å². The van der Waals surface area contributed by atoms with Gasteiger partial charge in [-0.15, -0.1) is 0 Å². The van der Waals surface area contributed by atoms with Gasteiger partial charge in [-0.25, -0.2) is 4.98 Å². The summed E-state index contributed by atoms with van der Waals surface area (Å²) < 4.78 is 0. The van der Waals surface area contributed by atoms with Gasteiger partial charge in [-0.1, -0.05) is 176 Å². The van der Waals surface area contributed by atoms with Crippen LogP contribution in [0.5, 0.6) is 0 Å². The zero-order valence-corrected chi connectivity index (χ0v) is 29.9. The van der Waals surface area contributed by atoms with E-state index in [1.807, 2.05) is 12.3 Å². The SMILES string of the molecule is c1ccc2c(c1)-c1ccccc1C21c2ccccc2-c2c(-c3ccc(-c4ccc(-c5ccc6ccc7cccnc7c6n5)c5ccccc45)cc3)cccc21. The molecule has 0 atom stereocenters. The quantitative estimate of drug-likeness (QED) is 0.172. The third-order valence-corrected chi connectivity index (χ3v) is 12.2. The lowest BCUT2D eigenvalue weighted by Crippen LogP contribution is -2.25. The monoisotopic (exact) mass is 696 g/mol. The van der Waals surface area contributed by atoms with E-state index < -0.39 is 0 Å². The minimum Gasteiger partial charge on any atom is -0.254 e. The Kier molecular flexibility index (Phi) is 6.29. The van der Waals surface area contributed by atoms with Crippen LogP contribution in [-0.4, -0.2) is 9.97 Å². The average molecular weight is 697 g/mol. The third-order valence-electron chi connectivity index (χ3n) is 12.2. The molecule has 2 aliphatic carbocycles. The molecule has 0 saturated carbocycles. The molecule has 0 saturated heterocycles. The highest BCUT2D eigenvalue weighted by Gasteiger charge is 2.51. The van der Waals surface area contributed by atoms with E-state index in [-0.39, 0.29) is 5.41 Å². The van der Waals surface area contributed by atoms with Crippen molar-refractivity contribution in [1.29, 1.82) is 0 Å². The van der Waals surface area contributed by atoms with E-state index >= 15 is 0 Å². The van der Waals surface area contributed by atoms with Gasteiger partial charge >= 0.3 is 0 Å². The molecule has 0 N–H and O–H groups in total. The molecule has 12 rings (SSSR count). The Labute approximate surface area is 319 Å². The summed E-state index contributed by atoms with van der Waals surface area (Å²) in [5.41, 5.74) is 19.2. The molecule has 0 aliphatic heterocycles. The number of fused-ring (bicyclic) bond motifs is 14. The van der Waals surface area contributed by atoms with Crippen molar-refractivity contribution in [2.45, 2.75) is 5.41 Å². The normalized spacial score (nSPS) is 13.2. The summed E-state index contributed by atoms with van der Waals surface area (Å²) in [4.78, 5) is 9.90. The Morgan fingerprint density at radius 3 is 1.58 bits per heavy atom. The molecule has 0 unspecified atom stereocenters. The van der Waals surface area contributed by atoms with Crippen molar-refractivity contribution in [2.75, 3.05) is 0 Å². The maximum absolute atomic E-state index is 5.20. The standard InChI is InChI=1S/C53H32N2/c1-2-13-40-39(12-1)37(29-30-43(40)49-31-28-36-27-26-35-11-10-32-54-51(35)52(36)55-49)33-22-24-34(25-23-33)38-17-9-21-48-50(38)44-16-5-8-20-47(44)53(48)45-18-6-3-14-41(45)42-15-4-7-19-46(42)53/h1-32H. The summed E-state index contributed by atoms with van der Waals surface area (Å²) in [6.07, 6.45) is 1.85. The van der Waals surface area contributed by atoms with Crippen molar-refractivity contribution in [2.24, 2.45) is 0 Å². The minimum atomic E-state index is -0.348. The fourth-order valence-corrected chi connectivity index (χ4v) is 9.86. The lowest BCUT2D eigenvalue weighted by molar-refractivity contribution is 0.794. The maximum Gasteiger partial charge on any atom is 0.0972 e. The number of pyridine rings is 2. The van der Waals surface area contributed by atoms with Crippen molar-refractivity contribution in [3.63, 3.8) is 0 Å². The Morgan fingerprint density at radius 1 is 0.327 bits per heavy atom. The molecule has 0 amide bonds. The Morgan fingerprint density at radius 2 is 0.855 bits per heavy atom. The van der Waals surface area contributed by atoms with Crippen LogP contribution in [0.1, 0.15) is 22.3 Å². The Bertz CT molecular complexity index is 3160. The van der Waals surface area contributed by atoms with Crippen LogP contribution >= 0.6 is 0 Å². The van der Waals surface area contributed by atoms with Gasteiger partial charge in [-0.05, 0) is 89.7 Å². The molecule has 2 aromatic heterocycles. The number of rotatable bonds is 3. The summed E-state index contributed by atoms with van der Waals surface area (Å²) in [5.74, 6) is 0. The van der Waals surface area contributed by atoms with Gasteiger partial charge in [-0.3, -0.25) is 4.98 Å². The van der Waals surface area contributed by atoms with E-state index in [1.165, 1.54) is 77.5 Å². The number of nitrogens with zero attached hydrogens (tertiary/aromatic N) is 2. The molecule has 10 aromatic rings. The molecule has 1 spiro atoms. The van der Waals surface area contributed by atoms with Gasteiger partial charge in [-0.2, -0.15) is 0 Å². The first-order chi connectivity index (χ1) is 27.3. The molecule has 254 valence electrons. The highest BCUT2D eigenvalue weighted by Crippen LogP contribution is 2.63. The molecule has 2 nitrogen and oxygen atoms in total. The number of benzene rings is 8. The summed E-state index contributed by atoms with van der Waals surface area (Å²) >= 11 is 0. The average Bonchev–Trinajstić information content (AvgIpc) is 3.74. The van der Waals surface area contributed by atoms with E-state index in [0.29, 0.717) is 0 Å². The molecular formula is C53H32N2. The summed E-state index contributed by atoms with van der Waals surface area (Å²) in [5, 5.41) is 4.59. The topological polar surface area (TPSA) is 25.8 Å². The highest BCUT2D eigenvalue weighted by molar-refractivity contribution is 6.07. The molecule has 8 aromatic carbocycles. The lowest BCUT2D eigenvalue weighted by Gasteiger charge is -2.30. The zero-order valence-electron chi connectivity index (χ0n) is 29.9. The predicted octanol–water partition coefficient (Wildman–Crippen LogP) is 13.3. The zero-order chi connectivity index (χ0) is 36.1. The lowest BCUT2D eigenvalue weighted by atomic mass is 9.70. The second-order valence-electron chi connectivity index (χ2n) is 14.8. The fraction of sp³-hybridized carbons (Fsp3) is 0.0189. The third kappa shape index (κ3) is 4.14. The van der Waals surface area contributed by atoms with Crippen molar-refractivity contribution in [1.82, 2.24) is 9.97 Å². The van der Waals surface area contributed by atoms with Crippen LogP contribution in [0.25, 0.3) is 88.3 Å². The first kappa shape index (κ1) is 30.3. The molecule has 0 fully saturated rings. The largest absolute Gasteiger partial charge is 0.254 e. The molecule has 0 bridgehead atoms. The van der Waals surface area contributed by atoms with Gasteiger partial charge in [0.1, 0.15) is 0 Å². The Balaban J connectivity index is 0.986. The highest BCUT2D eigenvalue weighted by atomic mass is 14.8. The smallest absolute Gasteiger partial charge is 0.0972 e. The number of aromatic nitrogens is 2. The number of hydrogen-bond acceptors (Lipinski definition) is 2. The van der Waals surface area contributed by atoms with Crippen molar-refractivity contribution < 1.29 is 0 Å². The molecule has 2 aliphatic rings. The second kappa shape index (κ2) is 11.4. The van der Waals surface area contributed by atoms with E-state index in [2.05, 4.69) is 182 Å². The van der Waals surface area contributed by atoms with Crippen LogP contribution in [0.2, 0.25) is 0 Å². The fourth-order valence-electron chi connectivity index (χ4n) is 9.86. The van der Waals surface area contributed by atoms with E-state index in [4.69, 9.17) is 9.97 Å². The van der Waals surface area contributed by atoms with Gasteiger partial charge in [0, 0.05) is 22.5 Å². The van der Waals surface area contributed by atoms with Gasteiger partial charge in [0.25, 0.3) is 0 Å². The first-order valence-corrected chi connectivity index (χ1v) is 19.0. The van der Waals surface area contributed by atoms with Crippen LogP contribution in [-0.2, 0) is 5.41 Å². The van der Waals surface area contributed by atoms with Crippen LogP contribution in [0.3, 0.4) is 0 Å². The van der Waals surface area contributed by atoms with Gasteiger partial charge in [0.05, 0.1) is 22.1 Å². The molecule has 55 heavy (non-hydrogen) atoms. The van der Waals surface area contributed by atoms with Crippen LogP contribution in [0, 0.1) is 0 Å². The van der Waals surface area contributed by atoms with Gasteiger partial charge in [0.15, 0.2) is 0 Å². The van der Waals surface area contributed by atoms with Crippen LogP contribution in [0.4, 0.5) is 0 Å². The maximum atomic E-state index is 5.20. The molecule has 2 heterocycles. The minimum absolute atomic E-state index is 0.348. The van der Waals surface area contributed by atoms with Crippen LogP contribution < -0.4 is 0 Å². The molecular weight excluding hydrogens is 665 g/mol. The predicted molar refractivity (Wildman–Crippen MR) is 227 cm³/mol. The number of hydrogen-bond donors (Lipinski definition) is 0. The van der Waals surface area contributed by atoms with Gasteiger partial charge < -0.3 is 0 Å². The van der Waals surface area contributed by atoms with Crippen LogP contribution in [0.15, 0.2) is 194 Å². The first-order valence-electron chi connectivity index (χ1n) is 19.0. The summed E-state index contributed by atoms with van der Waals surface area (Å²) in [6.45, 7) is 0. The summed E-state index contributed by atoms with van der Waals surface area (Å²) in [7, 11) is 0. The van der Waals surface area contributed by atoms with Crippen molar-refractivity contribution in [3.05, 3.63) is 217 Å². The van der Waals surface area contributed by atoms with Gasteiger partial charge in [0.2, 0.25) is 0 Å². The van der Waals surface area contributed by atoms with Crippen molar-refractivity contribution >= 4 is 32.6 Å².